The molecule has 6 nitrogen and oxygen atoms in total. The van der Waals surface area contributed by atoms with E-state index in [1.807, 2.05) is 49.4 Å². The molecule has 1 saturated heterocycles. The fraction of sp³-hybridized carbons (Fsp3) is 0.273. The van der Waals surface area contributed by atoms with Crippen LogP contribution in [0, 0.1) is 6.92 Å². The summed E-state index contributed by atoms with van der Waals surface area (Å²) in [7, 11) is 1.60. The number of hydrogen-bond acceptors (Lipinski definition) is 3. The molecular weight excluding hydrogens is 354 g/mol. The summed E-state index contributed by atoms with van der Waals surface area (Å²) in [5.74, 6) is 0.648. The monoisotopic (exact) mass is 377 g/mol. The van der Waals surface area contributed by atoms with Gasteiger partial charge in [-0.3, -0.25) is 9.59 Å². The van der Waals surface area contributed by atoms with Crippen molar-refractivity contribution in [1.82, 2.24) is 14.8 Å². The highest BCUT2D eigenvalue weighted by Crippen LogP contribution is 2.21. The minimum Gasteiger partial charge on any atom is -0.496 e. The molecular formula is C22H23N3O3. The maximum absolute atomic E-state index is 12.8. The van der Waals surface area contributed by atoms with Gasteiger partial charge in [-0.05, 0) is 36.8 Å². The third-order valence-electron chi connectivity index (χ3n) is 5.27. The zero-order chi connectivity index (χ0) is 19.7. The highest BCUT2D eigenvalue weighted by atomic mass is 16.5. The second kappa shape index (κ2) is 7.38. The summed E-state index contributed by atoms with van der Waals surface area (Å²) in [6, 6.07) is 15.2. The van der Waals surface area contributed by atoms with Crippen LogP contribution >= 0.6 is 0 Å². The Morgan fingerprint density at radius 3 is 2.29 bits per heavy atom. The Morgan fingerprint density at radius 1 is 0.929 bits per heavy atom. The molecule has 0 aliphatic carbocycles. The first-order valence-corrected chi connectivity index (χ1v) is 9.38. The van der Waals surface area contributed by atoms with E-state index in [2.05, 4.69) is 4.98 Å². The number of amides is 2. The summed E-state index contributed by atoms with van der Waals surface area (Å²) in [5, 5.41) is 1.02. The highest BCUT2D eigenvalue weighted by Gasteiger charge is 2.26. The molecule has 2 amide bonds. The molecule has 6 heteroatoms. The number of carbonyl (C=O) groups is 2. The predicted molar refractivity (Wildman–Crippen MR) is 108 cm³/mol. The van der Waals surface area contributed by atoms with Crippen LogP contribution in [0.2, 0.25) is 0 Å². The number of fused-ring (bicyclic) bond motifs is 1. The van der Waals surface area contributed by atoms with Crippen molar-refractivity contribution in [1.29, 1.82) is 0 Å². The Labute approximate surface area is 163 Å². The van der Waals surface area contributed by atoms with E-state index in [4.69, 9.17) is 4.74 Å². The Kier molecular flexibility index (Phi) is 4.77. The SMILES string of the molecule is COc1cc(C(=O)N2CCN(C(=O)c3cc4ccccc4[nH]3)CC2)ccc1C. The van der Waals surface area contributed by atoms with Crippen LogP contribution in [0.4, 0.5) is 0 Å². The molecule has 0 bridgehead atoms. The first-order valence-electron chi connectivity index (χ1n) is 9.38. The molecule has 0 radical (unpaired) electrons. The molecule has 2 heterocycles. The summed E-state index contributed by atoms with van der Waals surface area (Å²) in [6.45, 7) is 4.01. The number of hydrogen-bond donors (Lipinski definition) is 1. The summed E-state index contributed by atoms with van der Waals surface area (Å²) in [5.41, 5.74) is 3.14. The zero-order valence-electron chi connectivity index (χ0n) is 16.1. The van der Waals surface area contributed by atoms with Crippen LogP contribution in [-0.2, 0) is 0 Å². The molecule has 28 heavy (non-hydrogen) atoms. The molecule has 0 saturated carbocycles. The maximum atomic E-state index is 12.8. The van der Waals surface area contributed by atoms with E-state index >= 15 is 0 Å². The molecule has 1 aliphatic heterocycles. The van der Waals surface area contributed by atoms with Crippen molar-refractivity contribution >= 4 is 22.7 Å². The number of methoxy groups -OCH3 is 1. The Bertz CT molecular complexity index is 999. The number of carbonyl (C=O) groups excluding carboxylic acids is 2. The van der Waals surface area contributed by atoms with Crippen LogP contribution in [0.5, 0.6) is 5.75 Å². The van der Waals surface area contributed by atoms with Gasteiger partial charge >= 0.3 is 0 Å². The van der Waals surface area contributed by atoms with Crippen molar-refractivity contribution < 1.29 is 14.3 Å². The molecule has 1 aromatic heterocycles. The Morgan fingerprint density at radius 2 is 1.61 bits per heavy atom. The number of nitrogens with one attached hydrogen (secondary N) is 1. The quantitative estimate of drug-likeness (QED) is 0.763. The van der Waals surface area contributed by atoms with E-state index in [0.717, 1.165) is 16.5 Å². The standard InChI is InChI=1S/C22H23N3O3/c1-15-7-8-17(14-20(15)28-2)21(26)24-9-11-25(12-10-24)22(27)19-13-16-5-3-4-6-18(16)23-19/h3-8,13-14,23H,9-12H2,1-2H3. The summed E-state index contributed by atoms with van der Waals surface area (Å²) in [6.07, 6.45) is 0. The van der Waals surface area contributed by atoms with Crippen LogP contribution in [-0.4, -0.2) is 59.9 Å². The Balaban J connectivity index is 1.42. The Hall–Kier alpha value is -3.28. The lowest BCUT2D eigenvalue weighted by atomic mass is 10.1. The average molecular weight is 377 g/mol. The van der Waals surface area contributed by atoms with Gasteiger partial charge in [0.1, 0.15) is 11.4 Å². The van der Waals surface area contributed by atoms with Crippen LogP contribution in [0.3, 0.4) is 0 Å². The molecule has 1 fully saturated rings. The number of H-pyrrole nitrogens is 1. The lowest BCUT2D eigenvalue weighted by Gasteiger charge is -2.34. The number of benzene rings is 2. The van der Waals surface area contributed by atoms with Crippen LogP contribution in [0.25, 0.3) is 10.9 Å². The summed E-state index contributed by atoms with van der Waals surface area (Å²) >= 11 is 0. The van der Waals surface area contributed by atoms with Gasteiger partial charge in [0.25, 0.3) is 11.8 Å². The zero-order valence-corrected chi connectivity index (χ0v) is 16.1. The van der Waals surface area contributed by atoms with Gasteiger partial charge in [-0.2, -0.15) is 0 Å². The third-order valence-corrected chi connectivity index (χ3v) is 5.27. The van der Waals surface area contributed by atoms with Gasteiger partial charge in [0, 0.05) is 42.6 Å². The van der Waals surface area contributed by atoms with Crippen molar-refractivity contribution in [3.8, 4) is 5.75 Å². The molecule has 0 spiro atoms. The maximum Gasteiger partial charge on any atom is 0.270 e. The smallest absolute Gasteiger partial charge is 0.270 e. The number of nitrogens with zero attached hydrogens (tertiary/aromatic N) is 2. The first-order chi connectivity index (χ1) is 13.6. The van der Waals surface area contributed by atoms with Crippen molar-refractivity contribution in [3.05, 3.63) is 65.4 Å². The number of ether oxygens (including phenoxy) is 1. The van der Waals surface area contributed by atoms with E-state index in [9.17, 15) is 9.59 Å². The number of aromatic nitrogens is 1. The summed E-state index contributed by atoms with van der Waals surface area (Å²) < 4.78 is 5.32. The van der Waals surface area contributed by atoms with E-state index in [1.54, 1.807) is 23.0 Å². The molecule has 0 atom stereocenters. The first kappa shape index (κ1) is 18.1. The third kappa shape index (κ3) is 3.33. The molecule has 4 rings (SSSR count). The fourth-order valence-electron chi connectivity index (χ4n) is 3.61. The number of para-hydroxylation sites is 1. The molecule has 1 N–H and O–H groups in total. The molecule has 0 unspecified atom stereocenters. The lowest BCUT2D eigenvalue weighted by molar-refractivity contribution is 0.0532. The van der Waals surface area contributed by atoms with Crippen molar-refractivity contribution in [3.63, 3.8) is 0 Å². The van der Waals surface area contributed by atoms with Crippen LogP contribution in [0.15, 0.2) is 48.5 Å². The minimum atomic E-state index is -0.0315. The number of aromatic amines is 1. The van der Waals surface area contributed by atoms with Crippen molar-refractivity contribution in [2.45, 2.75) is 6.92 Å². The molecule has 1 aliphatic rings. The van der Waals surface area contributed by atoms with E-state index in [1.165, 1.54) is 0 Å². The van der Waals surface area contributed by atoms with Gasteiger partial charge in [-0.25, -0.2) is 0 Å². The van der Waals surface area contributed by atoms with Gasteiger partial charge in [0.2, 0.25) is 0 Å². The van der Waals surface area contributed by atoms with E-state index in [0.29, 0.717) is 43.2 Å². The predicted octanol–water partition coefficient (Wildman–Crippen LogP) is 3.08. The van der Waals surface area contributed by atoms with Gasteiger partial charge in [0.05, 0.1) is 7.11 Å². The van der Waals surface area contributed by atoms with Gasteiger partial charge in [-0.15, -0.1) is 0 Å². The van der Waals surface area contributed by atoms with Gasteiger partial charge < -0.3 is 19.5 Å². The number of piperazine rings is 1. The van der Waals surface area contributed by atoms with Gasteiger partial charge in [-0.1, -0.05) is 24.3 Å². The molecule has 144 valence electrons. The second-order valence-corrected chi connectivity index (χ2v) is 7.04. The highest BCUT2D eigenvalue weighted by molar-refractivity contribution is 5.98. The van der Waals surface area contributed by atoms with Crippen LogP contribution in [0.1, 0.15) is 26.4 Å². The fourth-order valence-corrected chi connectivity index (χ4v) is 3.61. The number of rotatable bonds is 3. The van der Waals surface area contributed by atoms with Crippen molar-refractivity contribution in [2.24, 2.45) is 0 Å². The summed E-state index contributed by atoms with van der Waals surface area (Å²) in [4.78, 5) is 32.4. The van der Waals surface area contributed by atoms with Crippen molar-refractivity contribution in [2.75, 3.05) is 33.3 Å². The van der Waals surface area contributed by atoms with Gasteiger partial charge in [0.15, 0.2) is 0 Å². The van der Waals surface area contributed by atoms with Crippen LogP contribution < -0.4 is 4.74 Å². The van der Waals surface area contributed by atoms with E-state index < -0.39 is 0 Å². The minimum absolute atomic E-state index is 0.0275. The largest absolute Gasteiger partial charge is 0.496 e. The normalized spacial score (nSPS) is 14.4. The molecule has 2 aromatic carbocycles. The average Bonchev–Trinajstić information content (AvgIpc) is 3.17. The second-order valence-electron chi connectivity index (χ2n) is 7.04. The lowest BCUT2D eigenvalue weighted by Crippen LogP contribution is -2.50. The van der Waals surface area contributed by atoms with E-state index in [-0.39, 0.29) is 11.8 Å². The number of aryl methyl sites for hydroxylation is 1. The molecule has 3 aromatic rings. The topological polar surface area (TPSA) is 65.6 Å².